The van der Waals surface area contributed by atoms with E-state index in [9.17, 15) is 9.90 Å². The van der Waals surface area contributed by atoms with E-state index in [1.807, 2.05) is 0 Å². The van der Waals surface area contributed by atoms with Crippen molar-refractivity contribution in [3.63, 3.8) is 0 Å². The maximum Gasteiger partial charge on any atom is 0.337 e. The number of hydrogen-bond donors (Lipinski definition) is 2. The summed E-state index contributed by atoms with van der Waals surface area (Å²) in [6, 6.07) is 16.7. The molecule has 0 amide bonds. The van der Waals surface area contributed by atoms with Crippen molar-refractivity contribution in [2.75, 3.05) is 23.8 Å². The molecule has 1 heterocycles. The van der Waals surface area contributed by atoms with Crippen LogP contribution in [0, 0.1) is 6.92 Å². The van der Waals surface area contributed by atoms with Gasteiger partial charge in [0.25, 0.3) is 0 Å². The number of hydrogen-bond acceptors (Lipinski definition) is 4. The largest absolute Gasteiger partial charge is 0.478 e. The molecule has 1 aliphatic carbocycles. The second-order valence-electron chi connectivity index (χ2n) is 7.62. The van der Waals surface area contributed by atoms with Gasteiger partial charge in [-0.05, 0) is 61.2 Å². The van der Waals surface area contributed by atoms with Crippen LogP contribution in [0.4, 0.5) is 17.1 Å². The van der Waals surface area contributed by atoms with Crippen molar-refractivity contribution in [1.29, 1.82) is 0 Å². The second-order valence-corrected chi connectivity index (χ2v) is 7.62. The van der Waals surface area contributed by atoms with Crippen LogP contribution >= 0.6 is 0 Å². The van der Waals surface area contributed by atoms with Crippen LogP contribution in [0.2, 0.25) is 0 Å². The number of anilines is 3. The molecule has 0 aliphatic heterocycles. The van der Waals surface area contributed by atoms with Crippen molar-refractivity contribution in [2.45, 2.75) is 25.7 Å². The average Bonchev–Trinajstić information content (AvgIpc) is 3.14. The highest BCUT2D eigenvalue weighted by Crippen LogP contribution is 2.36. The first kappa shape index (κ1) is 19.0. The van der Waals surface area contributed by atoms with Crippen LogP contribution in [0.3, 0.4) is 0 Å². The van der Waals surface area contributed by atoms with E-state index in [-0.39, 0.29) is 5.56 Å². The van der Waals surface area contributed by atoms with Crippen molar-refractivity contribution in [3.05, 3.63) is 83.2 Å². The Morgan fingerprint density at radius 1 is 1.17 bits per heavy atom. The zero-order valence-corrected chi connectivity index (χ0v) is 16.7. The topological polar surface area (TPSA) is 65.5 Å². The predicted molar refractivity (Wildman–Crippen MR) is 116 cm³/mol. The minimum Gasteiger partial charge on any atom is -0.478 e. The maximum atomic E-state index is 11.4. The van der Waals surface area contributed by atoms with Gasteiger partial charge in [0.05, 0.1) is 17.4 Å². The minimum atomic E-state index is -0.939. The number of aromatic carboxylic acids is 1. The van der Waals surface area contributed by atoms with Crippen molar-refractivity contribution < 1.29 is 9.90 Å². The predicted octanol–water partition coefficient (Wildman–Crippen LogP) is 5.00. The molecular weight excluding hydrogens is 362 g/mol. The average molecular weight is 387 g/mol. The van der Waals surface area contributed by atoms with Gasteiger partial charge in [0.1, 0.15) is 0 Å². The quantitative estimate of drug-likeness (QED) is 0.623. The number of nitrogens with zero attached hydrogens (tertiary/aromatic N) is 2. The molecule has 2 aromatic carbocycles. The summed E-state index contributed by atoms with van der Waals surface area (Å²) in [6.45, 7) is 2.80. The van der Waals surface area contributed by atoms with Crippen LogP contribution in [0.5, 0.6) is 0 Å². The van der Waals surface area contributed by atoms with Crippen molar-refractivity contribution >= 4 is 23.0 Å². The van der Waals surface area contributed by atoms with Gasteiger partial charge in [-0.3, -0.25) is 4.98 Å². The molecule has 1 aromatic heterocycles. The normalized spacial score (nSPS) is 15.0. The summed E-state index contributed by atoms with van der Waals surface area (Å²) in [5.41, 5.74) is 7.16. The van der Waals surface area contributed by atoms with E-state index < -0.39 is 5.97 Å². The minimum absolute atomic E-state index is 0.258. The van der Waals surface area contributed by atoms with Gasteiger partial charge < -0.3 is 15.3 Å². The number of carboxylic acids is 1. The van der Waals surface area contributed by atoms with Gasteiger partial charge in [0, 0.05) is 37.1 Å². The first-order chi connectivity index (χ1) is 14.0. The molecule has 0 saturated heterocycles. The number of aromatic nitrogens is 1. The molecule has 5 nitrogen and oxygen atoms in total. The SMILES string of the molecule is Cc1ccc(N(C)c2ccc3c(c2)CC[C@@H]3CNc2cnccc2C(=O)O)cc1. The Morgan fingerprint density at radius 3 is 2.69 bits per heavy atom. The van der Waals surface area contributed by atoms with E-state index >= 15 is 0 Å². The number of carbonyl (C=O) groups is 1. The summed E-state index contributed by atoms with van der Waals surface area (Å²) < 4.78 is 0. The zero-order valence-electron chi connectivity index (χ0n) is 16.7. The van der Waals surface area contributed by atoms with Crippen molar-refractivity contribution in [2.24, 2.45) is 0 Å². The van der Waals surface area contributed by atoms with Gasteiger partial charge in [-0.25, -0.2) is 4.79 Å². The Morgan fingerprint density at radius 2 is 1.93 bits per heavy atom. The Balaban J connectivity index is 1.49. The molecule has 0 spiro atoms. The third kappa shape index (κ3) is 3.94. The number of pyridine rings is 1. The van der Waals surface area contributed by atoms with Crippen LogP contribution in [0.1, 0.15) is 39.4 Å². The summed E-state index contributed by atoms with van der Waals surface area (Å²) >= 11 is 0. The highest BCUT2D eigenvalue weighted by molar-refractivity contribution is 5.93. The number of carboxylic acid groups (broad SMARTS) is 1. The molecule has 3 aromatic rings. The fourth-order valence-corrected chi connectivity index (χ4v) is 3.99. The molecule has 29 heavy (non-hydrogen) atoms. The van der Waals surface area contributed by atoms with E-state index in [1.54, 1.807) is 6.20 Å². The summed E-state index contributed by atoms with van der Waals surface area (Å²) in [7, 11) is 2.09. The molecule has 148 valence electrons. The lowest BCUT2D eigenvalue weighted by Gasteiger charge is -2.21. The first-order valence-electron chi connectivity index (χ1n) is 9.87. The van der Waals surface area contributed by atoms with Gasteiger partial charge in [0.2, 0.25) is 0 Å². The van der Waals surface area contributed by atoms with Crippen LogP contribution in [0.15, 0.2) is 60.9 Å². The van der Waals surface area contributed by atoms with Crippen LogP contribution in [-0.4, -0.2) is 29.7 Å². The van der Waals surface area contributed by atoms with E-state index in [4.69, 9.17) is 0 Å². The third-order valence-electron chi connectivity index (χ3n) is 5.73. The zero-order chi connectivity index (χ0) is 20.4. The lowest BCUT2D eigenvalue weighted by Crippen LogP contribution is -2.13. The Hall–Kier alpha value is -3.34. The smallest absolute Gasteiger partial charge is 0.337 e. The monoisotopic (exact) mass is 387 g/mol. The van der Waals surface area contributed by atoms with Crippen molar-refractivity contribution in [3.8, 4) is 0 Å². The Labute approximate surface area is 171 Å². The number of nitrogens with one attached hydrogen (secondary N) is 1. The van der Waals surface area contributed by atoms with E-state index in [0.717, 1.165) is 12.8 Å². The summed E-state index contributed by atoms with van der Waals surface area (Å²) in [5.74, 6) is -0.573. The van der Waals surface area contributed by atoms with E-state index in [0.29, 0.717) is 18.2 Å². The van der Waals surface area contributed by atoms with E-state index in [2.05, 4.69) is 71.6 Å². The third-order valence-corrected chi connectivity index (χ3v) is 5.73. The number of aryl methyl sites for hydroxylation is 2. The number of benzene rings is 2. The lowest BCUT2D eigenvalue weighted by atomic mass is 10.0. The molecule has 5 heteroatoms. The molecule has 2 N–H and O–H groups in total. The highest BCUT2D eigenvalue weighted by atomic mass is 16.4. The molecule has 0 radical (unpaired) electrons. The lowest BCUT2D eigenvalue weighted by molar-refractivity contribution is 0.0698. The van der Waals surface area contributed by atoms with E-state index in [1.165, 1.54) is 40.3 Å². The van der Waals surface area contributed by atoms with Crippen LogP contribution in [0.25, 0.3) is 0 Å². The van der Waals surface area contributed by atoms with Gasteiger partial charge in [-0.1, -0.05) is 23.8 Å². The summed E-state index contributed by atoms with van der Waals surface area (Å²) in [6.07, 6.45) is 5.18. The Kier molecular flexibility index (Phi) is 5.21. The van der Waals surface area contributed by atoms with Gasteiger partial charge >= 0.3 is 5.97 Å². The standard InChI is InChI=1S/C24H25N3O2/c1-16-3-7-19(8-4-16)27(2)20-9-10-21-17(13-20)5-6-18(21)14-26-23-15-25-12-11-22(23)24(28)29/h3-4,7-13,15,18,26H,5-6,14H2,1-2H3,(H,28,29)/t18-/m1/s1. The van der Waals surface area contributed by atoms with Gasteiger partial charge in [0.15, 0.2) is 0 Å². The first-order valence-corrected chi connectivity index (χ1v) is 9.87. The van der Waals surface area contributed by atoms with Gasteiger partial charge in [-0.2, -0.15) is 0 Å². The Bertz CT molecular complexity index is 1030. The van der Waals surface area contributed by atoms with Crippen LogP contribution < -0.4 is 10.2 Å². The second kappa shape index (κ2) is 7.95. The molecule has 1 aliphatic rings. The number of fused-ring (bicyclic) bond motifs is 1. The fourth-order valence-electron chi connectivity index (χ4n) is 3.99. The molecule has 0 bridgehead atoms. The van der Waals surface area contributed by atoms with Crippen molar-refractivity contribution in [1.82, 2.24) is 4.98 Å². The van der Waals surface area contributed by atoms with Crippen LogP contribution in [-0.2, 0) is 6.42 Å². The molecular formula is C24H25N3O2. The fraction of sp³-hybridized carbons (Fsp3) is 0.250. The maximum absolute atomic E-state index is 11.4. The summed E-state index contributed by atoms with van der Waals surface area (Å²) in [4.78, 5) is 17.6. The molecule has 0 saturated carbocycles. The molecule has 0 fully saturated rings. The molecule has 4 rings (SSSR count). The molecule has 1 atom stereocenters. The molecule has 0 unspecified atom stereocenters. The highest BCUT2D eigenvalue weighted by Gasteiger charge is 2.23. The van der Waals surface area contributed by atoms with Gasteiger partial charge in [-0.15, -0.1) is 0 Å². The summed E-state index contributed by atoms with van der Waals surface area (Å²) in [5, 5.41) is 12.6. The number of rotatable bonds is 6.